The SMILES string of the molecule is Cc1nc(-c2ccccc2Cl)c2ccccc2n1. The molecule has 3 heteroatoms. The number of hydrogen-bond acceptors (Lipinski definition) is 2. The number of benzene rings is 2. The van der Waals surface area contributed by atoms with Crippen molar-refractivity contribution >= 4 is 22.5 Å². The number of aromatic nitrogens is 2. The lowest BCUT2D eigenvalue weighted by atomic mass is 10.1. The highest BCUT2D eigenvalue weighted by atomic mass is 35.5. The summed E-state index contributed by atoms with van der Waals surface area (Å²) in [4.78, 5) is 8.97. The maximum atomic E-state index is 6.25. The van der Waals surface area contributed by atoms with Gasteiger partial charge in [-0.1, -0.05) is 48.0 Å². The van der Waals surface area contributed by atoms with Crippen LogP contribution in [-0.2, 0) is 0 Å². The van der Waals surface area contributed by atoms with Gasteiger partial charge in [0.1, 0.15) is 5.82 Å². The molecular formula is C15H11ClN2. The zero-order valence-corrected chi connectivity index (χ0v) is 10.6. The molecule has 0 aliphatic rings. The second-order valence-electron chi connectivity index (χ2n) is 4.12. The van der Waals surface area contributed by atoms with E-state index in [0.29, 0.717) is 5.02 Å². The Kier molecular flexibility index (Phi) is 2.73. The largest absolute Gasteiger partial charge is 0.233 e. The number of rotatable bonds is 1. The first-order valence-electron chi connectivity index (χ1n) is 5.74. The summed E-state index contributed by atoms with van der Waals surface area (Å²) < 4.78 is 0. The van der Waals surface area contributed by atoms with E-state index in [0.717, 1.165) is 28.0 Å². The minimum atomic E-state index is 0.709. The van der Waals surface area contributed by atoms with Crippen molar-refractivity contribution in [3.8, 4) is 11.3 Å². The molecule has 88 valence electrons. The van der Waals surface area contributed by atoms with Gasteiger partial charge < -0.3 is 0 Å². The van der Waals surface area contributed by atoms with Gasteiger partial charge in [-0.2, -0.15) is 0 Å². The Morgan fingerprint density at radius 2 is 1.61 bits per heavy atom. The Balaban J connectivity index is 2.39. The van der Waals surface area contributed by atoms with Crippen molar-refractivity contribution in [2.45, 2.75) is 6.92 Å². The molecule has 0 N–H and O–H groups in total. The summed E-state index contributed by atoms with van der Waals surface area (Å²) in [6, 6.07) is 15.7. The lowest BCUT2D eigenvalue weighted by molar-refractivity contribution is 1.10. The molecule has 1 heterocycles. The molecule has 0 atom stereocenters. The van der Waals surface area contributed by atoms with Gasteiger partial charge in [0.05, 0.1) is 11.2 Å². The first kappa shape index (κ1) is 11.2. The molecule has 0 saturated heterocycles. The Labute approximate surface area is 110 Å². The number of fused-ring (bicyclic) bond motifs is 1. The predicted molar refractivity (Wildman–Crippen MR) is 74.7 cm³/mol. The zero-order valence-electron chi connectivity index (χ0n) is 9.89. The second-order valence-corrected chi connectivity index (χ2v) is 4.52. The van der Waals surface area contributed by atoms with Crippen LogP contribution < -0.4 is 0 Å². The molecule has 3 aromatic rings. The maximum Gasteiger partial charge on any atom is 0.126 e. The van der Waals surface area contributed by atoms with Gasteiger partial charge in [-0.05, 0) is 19.1 Å². The highest BCUT2D eigenvalue weighted by molar-refractivity contribution is 6.33. The summed E-state index contributed by atoms with van der Waals surface area (Å²) in [5, 5.41) is 1.73. The van der Waals surface area contributed by atoms with Crippen molar-refractivity contribution < 1.29 is 0 Å². The number of halogens is 1. The average molecular weight is 255 g/mol. The standard InChI is InChI=1S/C15H11ClN2/c1-10-17-14-9-5-3-7-12(14)15(18-10)11-6-2-4-8-13(11)16/h2-9H,1H3. The van der Waals surface area contributed by atoms with Crippen LogP contribution in [0.2, 0.25) is 5.02 Å². The van der Waals surface area contributed by atoms with Gasteiger partial charge in [0, 0.05) is 16.0 Å². The molecule has 1 aromatic heterocycles. The predicted octanol–water partition coefficient (Wildman–Crippen LogP) is 4.26. The Hall–Kier alpha value is -1.93. The summed E-state index contributed by atoms with van der Waals surface area (Å²) in [6.07, 6.45) is 0. The van der Waals surface area contributed by atoms with Crippen LogP contribution in [-0.4, -0.2) is 9.97 Å². The minimum absolute atomic E-state index is 0.709. The molecule has 2 aromatic carbocycles. The monoisotopic (exact) mass is 254 g/mol. The van der Waals surface area contributed by atoms with Crippen LogP contribution in [0.5, 0.6) is 0 Å². The summed E-state index contributed by atoms with van der Waals surface area (Å²) in [7, 11) is 0. The molecule has 2 nitrogen and oxygen atoms in total. The first-order chi connectivity index (χ1) is 8.75. The number of hydrogen-bond donors (Lipinski definition) is 0. The quantitative estimate of drug-likeness (QED) is 0.648. The van der Waals surface area contributed by atoms with E-state index in [4.69, 9.17) is 11.6 Å². The molecule has 0 fully saturated rings. The fourth-order valence-electron chi connectivity index (χ4n) is 2.05. The Morgan fingerprint density at radius 3 is 2.44 bits per heavy atom. The molecule has 0 radical (unpaired) electrons. The van der Waals surface area contributed by atoms with E-state index in [2.05, 4.69) is 9.97 Å². The van der Waals surface area contributed by atoms with Crippen LogP contribution in [0.4, 0.5) is 0 Å². The van der Waals surface area contributed by atoms with Gasteiger partial charge in [0.2, 0.25) is 0 Å². The molecule has 0 saturated carbocycles. The van der Waals surface area contributed by atoms with E-state index < -0.39 is 0 Å². The number of para-hydroxylation sites is 1. The molecule has 0 spiro atoms. The third kappa shape index (κ3) is 1.85. The van der Waals surface area contributed by atoms with Crippen molar-refractivity contribution in [3.05, 3.63) is 59.4 Å². The van der Waals surface area contributed by atoms with Gasteiger partial charge in [-0.15, -0.1) is 0 Å². The minimum Gasteiger partial charge on any atom is -0.233 e. The van der Waals surface area contributed by atoms with Crippen LogP contribution in [0.15, 0.2) is 48.5 Å². The molecule has 0 unspecified atom stereocenters. The van der Waals surface area contributed by atoms with Crippen LogP contribution in [0, 0.1) is 6.92 Å². The van der Waals surface area contributed by atoms with Crippen molar-refractivity contribution in [1.29, 1.82) is 0 Å². The molecule has 0 aliphatic heterocycles. The van der Waals surface area contributed by atoms with Gasteiger partial charge in [0.25, 0.3) is 0 Å². The molecule has 3 rings (SSSR count). The van der Waals surface area contributed by atoms with Gasteiger partial charge in [0.15, 0.2) is 0 Å². The van der Waals surface area contributed by atoms with Crippen molar-refractivity contribution in [3.63, 3.8) is 0 Å². The van der Waals surface area contributed by atoms with Crippen LogP contribution in [0.3, 0.4) is 0 Å². The third-order valence-corrected chi connectivity index (χ3v) is 3.17. The fraction of sp³-hybridized carbons (Fsp3) is 0.0667. The topological polar surface area (TPSA) is 25.8 Å². The summed E-state index contributed by atoms with van der Waals surface area (Å²) in [5.41, 5.74) is 2.78. The first-order valence-corrected chi connectivity index (χ1v) is 6.12. The van der Waals surface area contributed by atoms with E-state index in [-0.39, 0.29) is 0 Å². The van der Waals surface area contributed by atoms with E-state index >= 15 is 0 Å². The van der Waals surface area contributed by atoms with Crippen molar-refractivity contribution in [2.75, 3.05) is 0 Å². The maximum absolute atomic E-state index is 6.25. The van der Waals surface area contributed by atoms with Gasteiger partial charge in [-0.25, -0.2) is 9.97 Å². The van der Waals surface area contributed by atoms with E-state index in [9.17, 15) is 0 Å². The molecular weight excluding hydrogens is 244 g/mol. The molecule has 0 aliphatic carbocycles. The smallest absolute Gasteiger partial charge is 0.126 e. The number of aryl methyl sites for hydroxylation is 1. The third-order valence-electron chi connectivity index (χ3n) is 2.84. The van der Waals surface area contributed by atoms with E-state index in [1.807, 2.05) is 55.5 Å². The highest BCUT2D eigenvalue weighted by Gasteiger charge is 2.10. The lowest BCUT2D eigenvalue weighted by Gasteiger charge is -2.08. The Bertz CT molecular complexity index is 723. The second kappa shape index (κ2) is 4.39. The van der Waals surface area contributed by atoms with Crippen LogP contribution in [0.1, 0.15) is 5.82 Å². The summed E-state index contributed by atoms with van der Waals surface area (Å²) in [6.45, 7) is 1.90. The number of nitrogens with zero attached hydrogens (tertiary/aromatic N) is 2. The summed E-state index contributed by atoms with van der Waals surface area (Å²) >= 11 is 6.25. The molecule has 0 amide bonds. The van der Waals surface area contributed by atoms with Crippen LogP contribution in [0.25, 0.3) is 22.2 Å². The molecule has 0 bridgehead atoms. The van der Waals surface area contributed by atoms with Crippen LogP contribution >= 0.6 is 11.6 Å². The Morgan fingerprint density at radius 1 is 0.889 bits per heavy atom. The van der Waals surface area contributed by atoms with Crippen molar-refractivity contribution in [1.82, 2.24) is 9.97 Å². The average Bonchev–Trinajstić information content (AvgIpc) is 2.38. The zero-order chi connectivity index (χ0) is 12.5. The van der Waals surface area contributed by atoms with Crippen molar-refractivity contribution in [2.24, 2.45) is 0 Å². The summed E-state index contributed by atoms with van der Waals surface area (Å²) in [5.74, 6) is 0.753. The van der Waals surface area contributed by atoms with Gasteiger partial charge >= 0.3 is 0 Å². The van der Waals surface area contributed by atoms with E-state index in [1.54, 1.807) is 0 Å². The lowest BCUT2D eigenvalue weighted by Crippen LogP contribution is -1.94. The molecule has 18 heavy (non-hydrogen) atoms. The highest BCUT2D eigenvalue weighted by Crippen LogP contribution is 2.31. The normalized spacial score (nSPS) is 10.8. The van der Waals surface area contributed by atoms with Gasteiger partial charge in [-0.3, -0.25) is 0 Å². The van der Waals surface area contributed by atoms with E-state index in [1.165, 1.54) is 0 Å². The fourth-order valence-corrected chi connectivity index (χ4v) is 2.28.